The number of likely N-dealkylation sites (tertiary alicyclic amines) is 1. The molecule has 0 saturated carbocycles. The molecule has 4 aromatic rings. The zero-order valence-electron chi connectivity index (χ0n) is 20.8. The van der Waals surface area contributed by atoms with Crippen molar-refractivity contribution in [3.05, 3.63) is 59.2 Å². The van der Waals surface area contributed by atoms with E-state index in [1.165, 1.54) is 15.3 Å². The first-order valence-corrected chi connectivity index (χ1v) is 13.0. The molecule has 0 amide bonds. The van der Waals surface area contributed by atoms with Crippen LogP contribution in [0.3, 0.4) is 0 Å². The number of aromatic nitrogens is 2. The number of carbonyl (C=O) groups is 2. The van der Waals surface area contributed by atoms with E-state index in [2.05, 4.69) is 41.9 Å². The molecule has 196 valence electrons. The van der Waals surface area contributed by atoms with Crippen LogP contribution in [0.2, 0.25) is 0 Å². The molecule has 0 radical (unpaired) electrons. The number of aryl methyl sites for hydroxylation is 1. The first-order valence-electron chi connectivity index (χ1n) is 12.2. The van der Waals surface area contributed by atoms with Gasteiger partial charge in [-0.05, 0) is 63.1 Å². The molecule has 3 heterocycles. The van der Waals surface area contributed by atoms with Gasteiger partial charge in [-0.15, -0.1) is 11.3 Å². The average Bonchev–Trinajstić information content (AvgIpc) is 3.52. The van der Waals surface area contributed by atoms with Crippen LogP contribution in [-0.2, 0) is 9.59 Å². The third-order valence-corrected chi connectivity index (χ3v) is 7.80. The highest BCUT2D eigenvalue weighted by atomic mass is 32.1. The summed E-state index contributed by atoms with van der Waals surface area (Å²) >= 11 is 1.84. The van der Waals surface area contributed by atoms with Crippen LogP contribution in [0.15, 0.2) is 48.7 Å². The number of aromatic amines is 1. The van der Waals surface area contributed by atoms with Crippen LogP contribution in [0.4, 0.5) is 0 Å². The normalized spacial score (nSPS) is 18.8. The van der Waals surface area contributed by atoms with E-state index in [-0.39, 0.29) is 0 Å². The molecule has 5 rings (SSSR count). The predicted octanol–water partition coefficient (Wildman–Crippen LogP) is 4.25. The van der Waals surface area contributed by atoms with Crippen molar-refractivity contribution in [2.75, 3.05) is 19.7 Å². The van der Waals surface area contributed by atoms with E-state index < -0.39 is 18.0 Å². The van der Waals surface area contributed by atoms with Gasteiger partial charge in [0, 0.05) is 35.6 Å². The number of piperidine rings is 1. The number of aliphatic hydroxyl groups is 1. The van der Waals surface area contributed by atoms with Crippen LogP contribution in [0, 0.1) is 6.92 Å². The summed E-state index contributed by atoms with van der Waals surface area (Å²) < 4.78 is 7.23. The Morgan fingerprint density at radius 2 is 1.95 bits per heavy atom. The molecule has 2 aromatic heterocycles. The lowest BCUT2D eigenvalue weighted by Crippen LogP contribution is -2.45. The standard InChI is InChI=1S/C25H29N3O2S.C2H2O4/c1-16-5-3-8-23-24(16)27-25(31-23)18-10-12-28(17(2)13-18)14-19(29)15-30-22-7-4-6-21-20(22)9-11-26-21;3-1(4)2(5)6/h3-9,11,17-19,26,29H,10,12-15H2,1-2H3;(H,3,4)(H,5,6)/t17-,18-,19-;/m0./s1. The maximum absolute atomic E-state index is 10.6. The van der Waals surface area contributed by atoms with Crippen molar-refractivity contribution in [3.8, 4) is 5.75 Å². The zero-order valence-corrected chi connectivity index (χ0v) is 21.6. The quantitative estimate of drug-likeness (QED) is 0.274. The number of aliphatic carboxylic acids is 2. The van der Waals surface area contributed by atoms with E-state index in [4.69, 9.17) is 29.5 Å². The molecule has 3 atom stereocenters. The lowest BCUT2D eigenvalue weighted by molar-refractivity contribution is -0.159. The maximum atomic E-state index is 10.6. The first-order chi connectivity index (χ1) is 17.7. The smallest absolute Gasteiger partial charge is 0.414 e. The van der Waals surface area contributed by atoms with Gasteiger partial charge in [-0.1, -0.05) is 18.2 Å². The van der Waals surface area contributed by atoms with Gasteiger partial charge in [-0.3, -0.25) is 4.90 Å². The largest absolute Gasteiger partial charge is 0.490 e. The number of fused-ring (bicyclic) bond motifs is 2. The molecular weight excluding hydrogens is 494 g/mol. The average molecular weight is 526 g/mol. The summed E-state index contributed by atoms with van der Waals surface area (Å²) in [5, 5.41) is 27.7. The SMILES string of the molecule is Cc1cccc2sc([C@H]3CCN(C[C@H](O)COc4cccc5[nH]ccc45)[C@@H](C)C3)nc12.O=C(O)C(=O)O. The summed E-state index contributed by atoms with van der Waals surface area (Å²) in [6.45, 7) is 6.31. The molecule has 0 unspecified atom stereocenters. The number of hydrogen-bond donors (Lipinski definition) is 4. The molecule has 9 nitrogen and oxygen atoms in total. The van der Waals surface area contributed by atoms with E-state index >= 15 is 0 Å². The highest BCUT2D eigenvalue weighted by Gasteiger charge is 2.29. The number of nitrogens with one attached hydrogen (secondary N) is 1. The second kappa shape index (κ2) is 11.7. The van der Waals surface area contributed by atoms with Crippen molar-refractivity contribution in [3.63, 3.8) is 0 Å². The topological polar surface area (TPSA) is 136 Å². The molecule has 0 bridgehead atoms. The van der Waals surface area contributed by atoms with Gasteiger partial charge in [0.05, 0.1) is 15.2 Å². The Bertz CT molecular complexity index is 1370. The second-order valence-electron chi connectivity index (χ2n) is 9.31. The number of H-pyrrole nitrogens is 1. The summed E-state index contributed by atoms with van der Waals surface area (Å²) in [4.78, 5) is 28.7. The van der Waals surface area contributed by atoms with Gasteiger partial charge in [0.1, 0.15) is 18.5 Å². The summed E-state index contributed by atoms with van der Waals surface area (Å²) in [5.74, 6) is -2.33. The number of nitrogens with zero attached hydrogens (tertiary/aromatic N) is 2. The Hall–Kier alpha value is -3.47. The number of para-hydroxylation sites is 1. The Morgan fingerprint density at radius 1 is 1.19 bits per heavy atom. The van der Waals surface area contributed by atoms with Crippen molar-refractivity contribution in [2.24, 2.45) is 0 Å². The summed E-state index contributed by atoms with van der Waals surface area (Å²) in [6.07, 6.45) is 3.56. The Labute approximate surface area is 218 Å². The molecule has 0 aliphatic carbocycles. The highest BCUT2D eigenvalue weighted by Crippen LogP contribution is 2.36. The Morgan fingerprint density at radius 3 is 2.65 bits per heavy atom. The van der Waals surface area contributed by atoms with Crippen LogP contribution in [0.25, 0.3) is 21.1 Å². The third-order valence-electron chi connectivity index (χ3n) is 6.61. The summed E-state index contributed by atoms with van der Waals surface area (Å²) in [6, 6.07) is 14.8. The van der Waals surface area contributed by atoms with Crippen LogP contribution in [0.5, 0.6) is 5.75 Å². The minimum atomic E-state index is -1.82. The lowest BCUT2D eigenvalue weighted by atomic mass is 9.92. The molecule has 1 aliphatic heterocycles. The fraction of sp³-hybridized carbons (Fsp3) is 0.370. The number of rotatable bonds is 6. The maximum Gasteiger partial charge on any atom is 0.414 e. The van der Waals surface area contributed by atoms with Crippen molar-refractivity contribution in [1.29, 1.82) is 0 Å². The lowest BCUT2D eigenvalue weighted by Gasteiger charge is -2.38. The number of carboxylic acid groups (broad SMARTS) is 2. The van der Waals surface area contributed by atoms with E-state index in [1.54, 1.807) is 0 Å². The van der Waals surface area contributed by atoms with Crippen LogP contribution in [-0.4, -0.2) is 74.0 Å². The minimum absolute atomic E-state index is 0.300. The number of ether oxygens (including phenoxy) is 1. The minimum Gasteiger partial charge on any atom is -0.490 e. The van der Waals surface area contributed by atoms with Gasteiger partial charge in [0.15, 0.2) is 0 Å². The monoisotopic (exact) mass is 525 g/mol. The number of β-amino-alcohol motifs (C(OH)–C–C–N with tert-alkyl or cyclic N) is 1. The third kappa shape index (κ3) is 6.46. The van der Waals surface area contributed by atoms with Gasteiger partial charge in [0.25, 0.3) is 0 Å². The fourth-order valence-electron chi connectivity index (χ4n) is 4.69. The van der Waals surface area contributed by atoms with Crippen molar-refractivity contribution in [1.82, 2.24) is 14.9 Å². The molecule has 10 heteroatoms. The van der Waals surface area contributed by atoms with Crippen molar-refractivity contribution >= 4 is 44.4 Å². The molecule has 1 saturated heterocycles. The van der Waals surface area contributed by atoms with E-state index in [0.717, 1.165) is 41.6 Å². The van der Waals surface area contributed by atoms with Crippen LogP contribution >= 0.6 is 11.3 Å². The molecule has 4 N–H and O–H groups in total. The van der Waals surface area contributed by atoms with E-state index in [9.17, 15) is 5.11 Å². The van der Waals surface area contributed by atoms with Gasteiger partial charge >= 0.3 is 11.9 Å². The second-order valence-corrected chi connectivity index (χ2v) is 10.4. The summed E-state index contributed by atoms with van der Waals surface area (Å²) in [5.41, 5.74) is 3.46. The number of carboxylic acids is 2. The zero-order chi connectivity index (χ0) is 26.5. The Kier molecular flexibility index (Phi) is 8.42. The molecular formula is C27H31N3O6S. The molecule has 37 heavy (non-hydrogen) atoms. The van der Waals surface area contributed by atoms with Crippen molar-refractivity contribution in [2.45, 2.75) is 44.8 Å². The van der Waals surface area contributed by atoms with Gasteiger partial charge < -0.3 is 25.0 Å². The summed E-state index contributed by atoms with van der Waals surface area (Å²) in [7, 11) is 0. The number of benzene rings is 2. The van der Waals surface area contributed by atoms with Crippen LogP contribution in [0.1, 0.15) is 36.3 Å². The number of aliphatic hydroxyl groups excluding tert-OH is 1. The molecule has 1 aliphatic rings. The van der Waals surface area contributed by atoms with E-state index in [0.29, 0.717) is 25.1 Å². The van der Waals surface area contributed by atoms with Gasteiger partial charge in [-0.25, -0.2) is 14.6 Å². The van der Waals surface area contributed by atoms with Gasteiger partial charge in [0.2, 0.25) is 0 Å². The van der Waals surface area contributed by atoms with Gasteiger partial charge in [-0.2, -0.15) is 0 Å². The molecule has 2 aromatic carbocycles. The van der Waals surface area contributed by atoms with Crippen LogP contribution < -0.4 is 4.74 Å². The molecule has 1 fully saturated rings. The number of hydrogen-bond acceptors (Lipinski definition) is 7. The van der Waals surface area contributed by atoms with Crippen molar-refractivity contribution < 1.29 is 29.6 Å². The first kappa shape index (κ1) is 26.6. The fourth-order valence-corrected chi connectivity index (χ4v) is 5.88. The molecule has 0 spiro atoms. The predicted molar refractivity (Wildman–Crippen MR) is 142 cm³/mol. The Balaban J connectivity index is 0.000000480. The highest BCUT2D eigenvalue weighted by molar-refractivity contribution is 7.18. The van der Waals surface area contributed by atoms with E-state index in [1.807, 2.05) is 41.8 Å². The number of thiazole rings is 1.